The van der Waals surface area contributed by atoms with Crippen molar-refractivity contribution in [2.75, 3.05) is 26.3 Å². The Labute approximate surface area is 121 Å². The molecule has 1 aromatic rings. The van der Waals surface area contributed by atoms with Gasteiger partial charge in [-0.2, -0.15) is 0 Å². The number of rotatable bonds is 4. The Morgan fingerprint density at radius 2 is 2.05 bits per heavy atom. The number of nitrogens with zero attached hydrogens (tertiary/aromatic N) is 1. The first-order valence-corrected chi connectivity index (χ1v) is 7.74. The van der Waals surface area contributed by atoms with Crippen molar-refractivity contribution in [1.82, 2.24) is 9.84 Å². The lowest BCUT2D eigenvalue weighted by atomic mass is 10.2. The number of hydrogen-bond acceptors (Lipinski definition) is 5. The normalized spacial score (nSPS) is 17.4. The van der Waals surface area contributed by atoms with Gasteiger partial charge >= 0.3 is 0 Å². The minimum atomic E-state index is -3.92. The van der Waals surface area contributed by atoms with E-state index in [4.69, 9.17) is 21.4 Å². The molecule has 0 amide bonds. The van der Waals surface area contributed by atoms with Gasteiger partial charge in [0.15, 0.2) is 0 Å². The minimum absolute atomic E-state index is 0.0222. The highest BCUT2D eigenvalue weighted by molar-refractivity contribution is 7.89. The third kappa shape index (κ3) is 3.46. The summed E-state index contributed by atoms with van der Waals surface area (Å²) >= 11 is 5.63. The lowest BCUT2D eigenvalue weighted by Gasteiger charge is -2.26. The van der Waals surface area contributed by atoms with Crippen LogP contribution >= 0.6 is 11.6 Å². The summed E-state index contributed by atoms with van der Waals surface area (Å²) in [6, 6.07) is 1.97. The molecule has 1 fully saturated rings. The second kappa shape index (κ2) is 6.33. The molecule has 1 aliphatic heterocycles. The van der Waals surface area contributed by atoms with Crippen LogP contribution in [0.1, 0.15) is 5.56 Å². The number of morpholine rings is 1. The Morgan fingerprint density at radius 1 is 1.40 bits per heavy atom. The summed E-state index contributed by atoms with van der Waals surface area (Å²) in [4.78, 5) is 2.06. The molecule has 1 saturated heterocycles. The molecule has 20 heavy (non-hydrogen) atoms. The zero-order valence-electron chi connectivity index (χ0n) is 10.5. The standard InChI is InChI=1S/C11H14ClFN2O4S/c12-11-8(7-16)5-9(6-10(11)13)20(17,18)14-15-1-3-19-4-2-15/h5-6,14,16H,1-4,7H2. The van der Waals surface area contributed by atoms with Gasteiger partial charge in [0.2, 0.25) is 0 Å². The SMILES string of the molecule is O=S(=O)(NN1CCOCC1)c1cc(F)c(Cl)c(CO)c1. The Morgan fingerprint density at radius 3 is 2.65 bits per heavy atom. The predicted molar refractivity (Wildman–Crippen MR) is 70.0 cm³/mol. The van der Waals surface area contributed by atoms with Gasteiger partial charge in [-0.1, -0.05) is 11.6 Å². The largest absolute Gasteiger partial charge is 0.392 e. The minimum Gasteiger partial charge on any atom is -0.392 e. The van der Waals surface area contributed by atoms with Gasteiger partial charge in [-0.3, -0.25) is 0 Å². The third-order valence-electron chi connectivity index (χ3n) is 2.82. The van der Waals surface area contributed by atoms with E-state index in [1.165, 1.54) is 5.01 Å². The summed E-state index contributed by atoms with van der Waals surface area (Å²) in [7, 11) is -3.92. The molecule has 0 unspecified atom stereocenters. The maximum absolute atomic E-state index is 13.6. The Bertz CT molecular complexity index is 590. The van der Waals surface area contributed by atoms with E-state index in [0.29, 0.717) is 26.3 Å². The Kier molecular flexibility index (Phi) is 4.95. The average Bonchev–Trinajstić information content (AvgIpc) is 2.42. The number of aliphatic hydroxyl groups is 1. The highest BCUT2D eigenvalue weighted by atomic mass is 35.5. The zero-order valence-corrected chi connectivity index (χ0v) is 12.0. The van der Waals surface area contributed by atoms with Crippen molar-refractivity contribution in [2.45, 2.75) is 11.5 Å². The first kappa shape index (κ1) is 15.6. The molecule has 1 aliphatic rings. The van der Waals surface area contributed by atoms with Crippen molar-refractivity contribution in [3.8, 4) is 0 Å². The predicted octanol–water partition coefficient (Wildman–Crippen LogP) is 0.497. The van der Waals surface area contributed by atoms with Gasteiger partial charge in [-0.25, -0.2) is 17.8 Å². The van der Waals surface area contributed by atoms with E-state index < -0.39 is 22.4 Å². The molecule has 2 N–H and O–H groups in total. The van der Waals surface area contributed by atoms with Crippen LogP contribution in [0.15, 0.2) is 17.0 Å². The molecule has 6 nitrogen and oxygen atoms in total. The van der Waals surface area contributed by atoms with Crippen LogP contribution < -0.4 is 4.83 Å². The van der Waals surface area contributed by atoms with Gasteiger partial charge in [-0.15, -0.1) is 4.83 Å². The van der Waals surface area contributed by atoms with E-state index >= 15 is 0 Å². The summed E-state index contributed by atoms with van der Waals surface area (Å²) in [6.07, 6.45) is 0. The van der Waals surface area contributed by atoms with Gasteiger partial charge in [-0.05, 0) is 12.1 Å². The van der Waals surface area contributed by atoms with Crippen molar-refractivity contribution >= 4 is 21.6 Å². The number of hydrazine groups is 1. The molecular weight excluding hydrogens is 311 g/mol. The molecule has 0 aliphatic carbocycles. The summed E-state index contributed by atoms with van der Waals surface area (Å²) in [5.74, 6) is -0.888. The van der Waals surface area contributed by atoms with Crippen molar-refractivity contribution in [1.29, 1.82) is 0 Å². The van der Waals surface area contributed by atoms with Crippen LogP contribution in [0, 0.1) is 5.82 Å². The van der Waals surface area contributed by atoms with E-state index in [1.807, 2.05) is 0 Å². The molecule has 0 aromatic heterocycles. The lowest BCUT2D eigenvalue weighted by molar-refractivity contribution is 0.0272. The fourth-order valence-electron chi connectivity index (χ4n) is 1.77. The van der Waals surface area contributed by atoms with Crippen molar-refractivity contribution in [2.24, 2.45) is 0 Å². The topological polar surface area (TPSA) is 78.9 Å². The van der Waals surface area contributed by atoms with Crippen LogP contribution in [0.4, 0.5) is 4.39 Å². The van der Waals surface area contributed by atoms with Gasteiger partial charge in [0.25, 0.3) is 10.0 Å². The van der Waals surface area contributed by atoms with E-state index in [1.54, 1.807) is 0 Å². The molecule has 0 spiro atoms. The Hall–Kier alpha value is -0.770. The molecule has 112 valence electrons. The maximum Gasteiger partial charge on any atom is 0.253 e. The van der Waals surface area contributed by atoms with Crippen molar-refractivity contribution in [3.05, 3.63) is 28.5 Å². The second-order valence-corrected chi connectivity index (χ2v) is 6.27. The zero-order chi connectivity index (χ0) is 14.8. The van der Waals surface area contributed by atoms with Gasteiger partial charge in [0, 0.05) is 18.7 Å². The number of halogens is 2. The molecule has 0 saturated carbocycles. The van der Waals surface area contributed by atoms with Crippen LogP contribution in [0.2, 0.25) is 5.02 Å². The first-order chi connectivity index (χ1) is 9.44. The number of benzene rings is 1. The van der Waals surface area contributed by atoms with E-state index in [0.717, 1.165) is 12.1 Å². The molecule has 0 atom stereocenters. The number of sulfonamides is 1. The molecule has 9 heteroatoms. The summed E-state index contributed by atoms with van der Waals surface area (Å²) in [5, 5.41) is 10.3. The number of hydrogen-bond donors (Lipinski definition) is 2. The van der Waals surface area contributed by atoms with Gasteiger partial charge in [0.05, 0.1) is 29.7 Å². The average molecular weight is 325 g/mol. The summed E-state index contributed by atoms with van der Waals surface area (Å²) in [5.41, 5.74) is 0.0222. The number of ether oxygens (including phenoxy) is 1. The summed E-state index contributed by atoms with van der Waals surface area (Å²) in [6.45, 7) is 1.10. The van der Waals surface area contributed by atoms with Crippen LogP contribution in [-0.2, 0) is 21.4 Å². The van der Waals surface area contributed by atoms with Crippen LogP contribution in [-0.4, -0.2) is 44.8 Å². The van der Waals surface area contributed by atoms with Gasteiger partial charge < -0.3 is 9.84 Å². The van der Waals surface area contributed by atoms with Crippen LogP contribution in [0.25, 0.3) is 0 Å². The van der Waals surface area contributed by atoms with E-state index in [9.17, 15) is 12.8 Å². The second-order valence-electron chi connectivity index (χ2n) is 4.23. The Balaban J connectivity index is 2.26. The van der Waals surface area contributed by atoms with Crippen molar-refractivity contribution < 1.29 is 22.7 Å². The third-order valence-corrected chi connectivity index (χ3v) is 4.60. The molecule has 0 bridgehead atoms. The molecule has 1 heterocycles. The van der Waals surface area contributed by atoms with Crippen LogP contribution in [0.5, 0.6) is 0 Å². The number of nitrogens with one attached hydrogen (secondary N) is 1. The fraction of sp³-hybridized carbons (Fsp3) is 0.455. The quantitative estimate of drug-likeness (QED) is 0.843. The smallest absolute Gasteiger partial charge is 0.253 e. The highest BCUT2D eigenvalue weighted by Gasteiger charge is 2.22. The molecule has 0 radical (unpaired) electrons. The first-order valence-electron chi connectivity index (χ1n) is 5.88. The van der Waals surface area contributed by atoms with Crippen LogP contribution in [0.3, 0.4) is 0 Å². The fourth-order valence-corrected chi connectivity index (χ4v) is 3.12. The van der Waals surface area contributed by atoms with Crippen molar-refractivity contribution in [3.63, 3.8) is 0 Å². The molecular formula is C11H14ClFN2O4S. The highest BCUT2D eigenvalue weighted by Crippen LogP contribution is 2.24. The number of aliphatic hydroxyl groups excluding tert-OH is 1. The van der Waals surface area contributed by atoms with E-state index in [-0.39, 0.29) is 15.5 Å². The molecule has 2 rings (SSSR count). The monoisotopic (exact) mass is 324 g/mol. The molecule has 1 aromatic carbocycles. The lowest BCUT2D eigenvalue weighted by Crippen LogP contribution is -2.48. The maximum atomic E-state index is 13.6. The van der Waals surface area contributed by atoms with E-state index in [2.05, 4.69) is 4.83 Å². The van der Waals surface area contributed by atoms with Gasteiger partial charge in [0.1, 0.15) is 5.82 Å². The summed E-state index contributed by atoms with van der Waals surface area (Å²) < 4.78 is 43.0.